The van der Waals surface area contributed by atoms with Crippen LogP contribution in [0, 0.1) is 0 Å². The van der Waals surface area contributed by atoms with Gasteiger partial charge in [-0.15, -0.1) is 0 Å². The number of benzene rings is 1. The largest absolute Gasteiger partial charge is 0.450 e. The fourth-order valence-corrected chi connectivity index (χ4v) is 3.67. The summed E-state index contributed by atoms with van der Waals surface area (Å²) in [5.41, 5.74) is 1.12. The first-order chi connectivity index (χ1) is 14.3. The van der Waals surface area contributed by atoms with E-state index in [2.05, 4.69) is 67.9 Å². The van der Waals surface area contributed by atoms with Gasteiger partial charge >= 0.3 is 6.09 Å². The number of aliphatic imine (C=N–C) groups is 1. The normalized spacial score (nSPS) is 16.8. The monoisotopic (exact) mass is 417 g/mol. The van der Waals surface area contributed by atoms with Crippen LogP contribution >= 0.6 is 0 Å². The number of nitrogens with one attached hydrogen (secondary N) is 3. The van der Waals surface area contributed by atoms with Crippen LogP contribution in [0.1, 0.15) is 59.1 Å². The molecular formula is C23H39N5O2. The van der Waals surface area contributed by atoms with E-state index < -0.39 is 0 Å². The molecule has 0 spiro atoms. The van der Waals surface area contributed by atoms with E-state index in [1.807, 2.05) is 13.0 Å². The molecule has 1 fully saturated rings. The number of rotatable bonds is 8. The average molecular weight is 418 g/mol. The quantitative estimate of drug-likeness (QED) is 0.447. The third kappa shape index (κ3) is 7.86. The summed E-state index contributed by atoms with van der Waals surface area (Å²) >= 11 is 0. The molecule has 1 heterocycles. The minimum atomic E-state index is -0.211. The summed E-state index contributed by atoms with van der Waals surface area (Å²) in [5.74, 6) is 0.828. The Bertz CT molecular complexity index is 669. The number of guanidine groups is 1. The van der Waals surface area contributed by atoms with Crippen molar-refractivity contribution in [3.63, 3.8) is 0 Å². The fourth-order valence-electron chi connectivity index (χ4n) is 3.67. The summed E-state index contributed by atoms with van der Waals surface area (Å²) < 4.78 is 5.10. The zero-order valence-corrected chi connectivity index (χ0v) is 19.2. The minimum absolute atomic E-state index is 0.148. The second kappa shape index (κ2) is 11.8. The Morgan fingerprint density at radius 2 is 1.90 bits per heavy atom. The number of carbonyl (C=O) groups is 1. The molecule has 1 aromatic rings. The van der Waals surface area contributed by atoms with E-state index in [0.717, 1.165) is 25.3 Å². The van der Waals surface area contributed by atoms with E-state index in [1.165, 1.54) is 5.56 Å². The van der Waals surface area contributed by atoms with E-state index in [1.54, 1.807) is 4.90 Å². The van der Waals surface area contributed by atoms with Crippen LogP contribution < -0.4 is 16.0 Å². The zero-order valence-electron chi connectivity index (χ0n) is 19.2. The molecule has 0 aromatic heterocycles. The number of hydrogen-bond acceptors (Lipinski definition) is 4. The molecule has 0 radical (unpaired) electrons. The Hall–Kier alpha value is -2.28. The summed E-state index contributed by atoms with van der Waals surface area (Å²) in [7, 11) is 0. The molecule has 3 N–H and O–H groups in total. The van der Waals surface area contributed by atoms with Gasteiger partial charge in [0.05, 0.1) is 13.2 Å². The van der Waals surface area contributed by atoms with Crippen LogP contribution in [0.5, 0.6) is 0 Å². The highest BCUT2D eigenvalue weighted by molar-refractivity contribution is 5.80. The second-order valence-electron chi connectivity index (χ2n) is 8.46. The van der Waals surface area contributed by atoms with Crippen molar-refractivity contribution in [2.45, 2.75) is 65.1 Å². The maximum absolute atomic E-state index is 11.9. The smallest absolute Gasteiger partial charge is 0.409 e. The second-order valence-corrected chi connectivity index (χ2v) is 8.46. The minimum Gasteiger partial charge on any atom is -0.450 e. The Balaban J connectivity index is 1.88. The van der Waals surface area contributed by atoms with Gasteiger partial charge in [-0.05, 0) is 53.0 Å². The van der Waals surface area contributed by atoms with Crippen LogP contribution in [0.15, 0.2) is 35.3 Å². The van der Waals surface area contributed by atoms with Gasteiger partial charge in [0.2, 0.25) is 0 Å². The number of nitrogens with zero attached hydrogens (tertiary/aromatic N) is 2. The van der Waals surface area contributed by atoms with Gasteiger partial charge in [0.1, 0.15) is 0 Å². The Kier molecular flexibility index (Phi) is 9.43. The van der Waals surface area contributed by atoms with Gasteiger partial charge in [0.15, 0.2) is 5.96 Å². The van der Waals surface area contributed by atoms with Crippen molar-refractivity contribution in [2.75, 3.05) is 32.8 Å². The topological polar surface area (TPSA) is 78.0 Å². The van der Waals surface area contributed by atoms with E-state index in [0.29, 0.717) is 32.3 Å². The predicted molar refractivity (Wildman–Crippen MR) is 123 cm³/mol. The van der Waals surface area contributed by atoms with E-state index in [4.69, 9.17) is 9.73 Å². The van der Waals surface area contributed by atoms with Gasteiger partial charge < -0.3 is 25.6 Å². The van der Waals surface area contributed by atoms with Crippen LogP contribution in [0.2, 0.25) is 0 Å². The van der Waals surface area contributed by atoms with Crippen LogP contribution in [-0.4, -0.2) is 61.3 Å². The van der Waals surface area contributed by atoms with Gasteiger partial charge in [-0.3, -0.25) is 4.99 Å². The molecule has 1 saturated heterocycles. The maximum atomic E-state index is 11.9. The van der Waals surface area contributed by atoms with Crippen LogP contribution in [-0.2, 0) is 4.74 Å². The lowest BCUT2D eigenvalue weighted by Crippen LogP contribution is -2.50. The molecule has 1 atom stereocenters. The molecule has 2 rings (SSSR count). The number of amides is 1. The highest BCUT2D eigenvalue weighted by Crippen LogP contribution is 2.16. The Morgan fingerprint density at radius 1 is 1.23 bits per heavy atom. The Morgan fingerprint density at radius 3 is 2.50 bits per heavy atom. The number of piperidine rings is 1. The van der Waals surface area contributed by atoms with Crippen molar-refractivity contribution in [3.05, 3.63) is 35.9 Å². The number of likely N-dealkylation sites (tertiary alicyclic amines) is 1. The average Bonchev–Trinajstić information content (AvgIpc) is 2.73. The lowest BCUT2D eigenvalue weighted by Gasteiger charge is -2.33. The zero-order chi connectivity index (χ0) is 22.0. The maximum Gasteiger partial charge on any atom is 0.409 e. The standard InChI is InChI=1S/C23H39N5O2/c1-6-24-21(26-20-13-15-28(16-14-20)22(29)30-7-2)25-17-23(4,5)27-18(3)19-11-9-8-10-12-19/h8-12,18,20,27H,6-7,13-17H2,1-5H3,(H2,24,25,26). The number of carbonyl (C=O) groups excluding carboxylic acids is 1. The van der Waals surface area contributed by atoms with Crippen molar-refractivity contribution in [1.82, 2.24) is 20.9 Å². The van der Waals surface area contributed by atoms with Crippen LogP contribution in [0.4, 0.5) is 4.79 Å². The van der Waals surface area contributed by atoms with Gasteiger partial charge in [0, 0.05) is 37.3 Å². The van der Waals surface area contributed by atoms with Crippen LogP contribution in [0.3, 0.4) is 0 Å². The van der Waals surface area contributed by atoms with Crippen molar-refractivity contribution in [3.8, 4) is 0 Å². The molecule has 7 nitrogen and oxygen atoms in total. The van der Waals surface area contributed by atoms with Crippen molar-refractivity contribution in [2.24, 2.45) is 4.99 Å². The molecule has 1 aromatic carbocycles. The summed E-state index contributed by atoms with van der Waals surface area (Å²) in [5, 5.41) is 10.6. The Labute approximate surface area is 181 Å². The van der Waals surface area contributed by atoms with E-state index in [-0.39, 0.29) is 17.7 Å². The van der Waals surface area contributed by atoms with Crippen molar-refractivity contribution >= 4 is 12.1 Å². The molecule has 30 heavy (non-hydrogen) atoms. The first-order valence-corrected chi connectivity index (χ1v) is 11.1. The number of hydrogen-bond donors (Lipinski definition) is 3. The molecule has 168 valence electrons. The molecule has 1 aliphatic rings. The fraction of sp³-hybridized carbons (Fsp3) is 0.652. The first-order valence-electron chi connectivity index (χ1n) is 11.1. The summed E-state index contributed by atoms with van der Waals surface area (Å²) in [6, 6.07) is 11.0. The molecule has 0 saturated carbocycles. The molecule has 1 aliphatic heterocycles. The van der Waals surface area contributed by atoms with Gasteiger partial charge in [-0.1, -0.05) is 30.3 Å². The SMILES string of the molecule is CCNC(=NCC(C)(C)NC(C)c1ccccc1)NC1CCN(C(=O)OCC)CC1. The predicted octanol–water partition coefficient (Wildman–Crippen LogP) is 3.29. The van der Waals surface area contributed by atoms with E-state index >= 15 is 0 Å². The first kappa shape index (κ1) is 24.0. The lowest BCUT2D eigenvalue weighted by molar-refractivity contribution is 0.0963. The van der Waals surface area contributed by atoms with Gasteiger partial charge in [0.25, 0.3) is 0 Å². The molecule has 0 aliphatic carbocycles. The highest BCUT2D eigenvalue weighted by atomic mass is 16.6. The summed E-state index contributed by atoms with van der Waals surface area (Å²) in [6.07, 6.45) is 1.56. The highest BCUT2D eigenvalue weighted by Gasteiger charge is 2.25. The molecule has 0 bridgehead atoms. The van der Waals surface area contributed by atoms with Crippen LogP contribution in [0.25, 0.3) is 0 Å². The summed E-state index contributed by atoms with van der Waals surface area (Å²) in [4.78, 5) is 18.5. The number of ether oxygens (including phenoxy) is 1. The molecular weight excluding hydrogens is 378 g/mol. The molecule has 7 heteroatoms. The summed E-state index contributed by atoms with van der Waals surface area (Å²) in [6.45, 7) is 13.7. The molecule has 1 amide bonds. The van der Waals surface area contributed by atoms with E-state index in [9.17, 15) is 4.79 Å². The van der Waals surface area contributed by atoms with Crippen molar-refractivity contribution < 1.29 is 9.53 Å². The third-order valence-electron chi connectivity index (χ3n) is 5.25. The lowest BCUT2D eigenvalue weighted by atomic mass is 10.0. The third-order valence-corrected chi connectivity index (χ3v) is 5.25. The van der Waals surface area contributed by atoms with Crippen molar-refractivity contribution in [1.29, 1.82) is 0 Å². The molecule has 1 unspecified atom stereocenters. The van der Waals surface area contributed by atoms with Gasteiger partial charge in [-0.2, -0.15) is 0 Å². The van der Waals surface area contributed by atoms with Gasteiger partial charge in [-0.25, -0.2) is 4.79 Å².